The van der Waals surface area contributed by atoms with Gasteiger partial charge in [0.05, 0.1) is 0 Å². The van der Waals surface area contributed by atoms with Crippen LogP contribution in [0.5, 0.6) is 0 Å². The van der Waals surface area contributed by atoms with E-state index in [1.165, 1.54) is 51.4 Å². The van der Waals surface area contributed by atoms with Crippen LogP contribution in [-0.4, -0.2) is 6.04 Å². The second-order valence-corrected chi connectivity index (χ2v) is 5.63. The van der Waals surface area contributed by atoms with Gasteiger partial charge in [-0.1, -0.05) is 32.6 Å². The molecule has 14 heavy (non-hydrogen) atoms. The van der Waals surface area contributed by atoms with Crippen LogP contribution >= 0.6 is 0 Å². The highest BCUT2D eigenvalue weighted by Crippen LogP contribution is 2.39. The van der Waals surface area contributed by atoms with Crippen LogP contribution in [0, 0.1) is 17.8 Å². The fourth-order valence-corrected chi connectivity index (χ4v) is 3.49. The Morgan fingerprint density at radius 1 is 0.857 bits per heavy atom. The fraction of sp³-hybridized carbons (Fsp3) is 1.00. The molecule has 1 heteroatoms. The number of hydrogen-bond acceptors (Lipinski definition) is 1. The lowest BCUT2D eigenvalue weighted by molar-refractivity contribution is 0.153. The molecule has 1 nitrogen and oxygen atoms in total. The molecule has 0 amide bonds. The quantitative estimate of drug-likeness (QED) is 0.682. The second kappa shape index (κ2) is 4.65. The van der Waals surface area contributed by atoms with Gasteiger partial charge in [-0.2, -0.15) is 0 Å². The molecule has 0 spiro atoms. The van der Waals surface area contributed by atoms with Crippen molar-refractivity contribution in [3.05, 3.63) is 0 Å². The zero-order chi connectivity index (χ0) is 9.97. The summed E-state index contributed by atoms with van der Waals surface area (Å²) in [5, 5.41) is 0. The molecule has 2 saturated carbocycles. The van der Waals surface area contributed by atoms with Gasteiger partial charge in [0.1, 0.15) is 0 Å². The van der Waals surface area contributed by atoms with Gasteiger partial charge in [-0.25, -0.2) is 0 Å². The van der Waals surface area contributed by atoms with E-state index in [1.54, 1.807) is 0 Å². The molecule has 0 radical (unpaired) electrons. The minimum atomic E-state index is 0.530. The second-order valence-electron chi connectivity index (χ2n) is 5.63. The standard InChI is InChI=1S/C13H25N/c1-10-6-8-11(9-7-10)12-4-2-3-5-13(12)14/h10-13H,2-9,14H2,1H3. The first kappa shape index (κ1) is 10.5. The average Bonchev–Trinajstić information content (AvgIpc) is 2.20. The number of nitrogens with two attached hydrogens (primary N) is 1. The van der Waals surface area contributed by atoms with Gasteiger partial charge in [0.15, 0.2) is 0 Å². The molecule has 0 saturated heterocycles. The maximum Gasteiger partial charge on any atom is 0.00698 e. The molecule has 2 N–H and O–H groups in total. The lowest BCUT2D eigenvalue weighted by Gasteiger charge is -2.38. The van der Waals surface area contributed by atoms with E-state index in [0.29, 0.717) is 6.04 Å². The van der Waals surface area contributed by atoms with Crippen LogP contribution in [0.25, 0.3) is 0 Å². The number of rotatable bonds is 1. The molecule has 2 unspecified atom stereocenters. The van der Waals surface area contributed by atoms with Gasteiger partial charge in [0.25, 0.3) is 0 Å². The highest BCUT2D eigenvalue weighted by atomic mass is 14.7. The molecule has 0 aromatic carbocycles. The molecule has 2 atom stereocenters. The van der Waals surface area contributed by atoms with E-state index < -0.39 is 0 Å². The molecule has 2 aliphatic rings. The fourth-order valence-electron chi connectivity index (χ4n) is 3.49. The summed E-state index contributed by atoms with van der Waals surface area (Å²) in [6.07, 6.45) is 11.3. The molecule has 0 heterocycles. The molecular weight excluding hydrogens is 170 g/mol. The van der Waals surface area contributed by atoms with Gasteiger partial charge in [-0.15, -0.1) is 0 Å². The Kier molecular flexibility index (Phi) is 3.48. The van der Waals surface area contributed by atoms with Crippen molar-refractivity contribution in [3.8, 4) is 0 Å². The Bertz CT molecular complexity index is 170. The first-order valence-corrected chi connectivity index (χ1v) is 6.53. The lowest BCUT2D eigenvalue weighted by Crippen LogP contribution is -2.38. The third kappa shape index (κ3) is 2.31. The molecule has 0 aromatic heterocycles. The van der Waals surface area contributed by atoms with E-state index >= 15 is 0 Å². The van der Waals surface area contributed by atoms with E-state index in [4.69, 9.17) is 5.73 Å². The summed E-state index contributed by atoms with van der Waals surface area (Å²) in [6, 6.07) is 0.530. The zero-order valence-corrected chi connectivity index (χ0v) is 9.54. The molecule has 2 fully saturated rings. The van der Waals surface area contributed by atoms with Crippen LogP contribution in [0.15, 0.2) is 0 Å². The molecule has 2 rings (SSSR count). The number of hydrogen-bond donors (Lipinski definition) is 1. The van der Waals surface area contributed by atoms with E-state index in [1.807, 2.05) is 0 Å². The van der Waals surface area contributed by atoms with Gasteiger partial charge in [0.2, 0.25) is 0 Å². The van der Waals surface area contributed by atoms with E-state index in [2.05, 4.69) is 6.92 Å². The highest BCUT2D eigenvalue weighted by Gasteiger charge is 2.31. The van der Waals surface area contributed by atoms with Gasteiger partial charge >= 0.3 is 0 Å². The van der Waals surface area contributed by atoms with Crippen molar-refractivity contribution in [1.82, 2.24) is 0 Å². The highest BCUT2D eigenvalue weighted by molar-refractivity contribution is 4.85. The molecule has 0 bridgehead atoms. The van der Waals surface area contributed by atoms with Crippen LogP contribution in [0.3, 0.4) is 0 Å². The lowest BCUT2D eigenvalue weighted by atomic mass is 9.69. The molecule has 0 aliphatic heterocycles. The Morgan fingerprint density at radius 2 is 1.50 bits per heavy atom. The zero-order valence-electron chi connectivity index (χ0n) is 9.54. The maximum atomic E-state index is 6.24. The minimum absolute atomic E-state index is 0.530. The summed E-state index contributed by atoms with van der Waals surface area (Å²) in [6.45, 7) is 2.40. The normalized spacial score (nSPS) is 45.0. The molecular formula is C13H25N. The van der Waals surface area contributed by atoms with Gasteiger partial charge < -0.3 is 5.73 Å². The first-order valence-electron chi connectivity index (χ1n) is 6.53. The summed E-state index contributed by atoms with van der Waals surface area (Å²) in [7, 11) is 0. The molecule has 82 valence electrons. The van der Waals surface area contributed by atoms with Crippen LogP contribution in [0.1, 0.15) is 58.3 Å². The Hall–Kier alpha value is -0.0400. The third-order valence-electron chi connectivity index (χ3n) is 4.54. The smallest absolute Gasteiger partial charge is 0.00698 e. The average molecular weight is 195 g/mol. The van der Waals surface area contributed by atoms with Crippen LogP contribution < -0.4 is 5.73 Å². The van der Waals surface area contributed by atoms with Crippen molar-refractivity contribution in [1.29, 1.82) is 0 Å². The van der Waals surface area contributed by atoms with Crippen molar-refractivity contribution < 1.29 is 0 Å². The Labute approximate surface area is 88.4 Å². The van der Waals surface area contributed by atoms with E-state index in [-0.39, 0.29) is 0 Å². The first-order chi connectivity index (χ1) is 6.77. The van der Waals surface area contributed by atoms with Crippen molar-refractivity contribution >= 4 is 0 Å². The van der Waals surface area contributed by atoms with Crippen LogP contribution in [0.2, 0.25) is 0 Å². The third-order valence-corrected chi connectivity index (χ3v) is 4.54. The van der Waals surface area contributed by atoms with Crippen molar-refractivity contribution in [2.24, 2.45) is 23.5 Å². The van der Waals surface area contributed by atoms with Gasteiger partial charge in [-0.3, -0.25) is 0 Å². The topological polar surface area (TPSA) is 26.0 Å². The van der Waals surface area contributed by atoms with Gasteiger partial charge in [0, 0.05) is 6.04 Å². The predicted octanol–water partition coefficient (Wildman–Crippen LogP) is 3.33. The van der Waals surface area contributed by atoms with Crippen molar-refractivity contribution in [3.63, 3.8) is 0 Å². The Balaban J connectivity index is 1.87. The SMILES string of the molecule is CC1CCC(C2CCCCC2N)CC1. The summed E-state index contributed by atoms with van der Waals surface area (Å²) in [4.78, 5) is 0. The Morgan fingerprint density at radius 3 is 2.14 bits per heavy atom. The monoisotopic (exact) mass is 195 g/mol. The predicted molar refractivity (Wildman–Crippen MR) is 61.1 cm³/mol. The molecule has 0 aromatic rings. The summed E-state index contributed by atoms with van der Waals surface area (Å²) >= 11 is 0. The summed E-state index contributed by atoms with van der Waals surface area (Å²) in [5.74, 6) is 2.82. The molecule has 2 aliphatic carbocycles. The summed E-state index contributed by atoms with van der Waals surface area (Å²) < 4.78 is 0. The van der Waals surface area contributed by atoms with E-state index in [0.717, 1.165) is 17.8 Å². The van der Waals surface area contributed by atoms with E-state index in [9.17, 15) is 0 Å². The minimum Gasteiger partial charge on any atom is -0.327 e. The van der Waals surface area contributed by atoms with Crippen LogP contribution in [-0.2, 0) is 0 Å². The van der Waals surface area contributed by atoms with Crippen LogP contribution in [0.4, 0.5) is 0 Å². The van der Waals surface area contributed by atoms with Crippen molar-refractivity contribution in [2.45, 2.75) is 64.3 Å². The summed E-state index contributed by atoms with van der Waals surface area (Å²) in [5.41, 5.74) is 6.24. The van der Waals surface area contributed by atoms with Crippen molar-refractivity contribution in [2.75, 3.05) is 0 Å². The van der Waals surface area contributed by atoms with Gasteiger partial charge in [-0.05, 0) is 43.4 Å². The maximum absolute atomic E-state index is 6.24. The largest absolute Gasteiger partial charge is 0.327 e.